The average molecular weight is 472 g/mol. The first-order valence-corrected chi connectivity index (χ1v) is 11.2. The second kappa shape index (κ2) is 9.14. The van der Waals surface area contributed by atoms with Crippen LogP contribution in [0, 0.1) is 0 Å². The van der Waals surface area contributed by atoms with E-state index in [4.69, 9.17) is 27.6 Å². The maximum absolute atomic E-state index is 13.4. The zero-order chi connectivity index (χ0) is 22.8. The molecule has 0 fully saturated rings. The Morgan fingerprint density at radius 2 is 1.39 bits per heavy atom. The molecule has 0 saturated heterocycles. The summed E-state index contributed by atoms with van der Waals surface area (Å²) in [5, 5.41) is 1.32. The summed E-state index contributed by atoms with van der Waals surface area (Å²) < 4.78 is 5.99. The molecule has 1 aliphatic rings. The molecule has 0 radical (unpaired) electrons. The molecule has 2 heterocycles. The Hall–Kier alpha value is -3.53. The lowest BCUT2D eigenvalue weighted by atomic mass is 10.1. The minimum atomic E-state index is -0.0757. The fourth-order valence-corrected chi connectivity index (χ4v) is 4.04. The molecule has 1 amide bonds. The lowest BCUT2D eigenvalue weighted by molar-refractivity contribution is -0.123. The van der Waals surface area contributed by atoms with E-state index in [9.17, 15) is 4.79 Å². The lowest BCUT2D eigenvalue weighted by Crippen LogP contribution is -2.25. The van der Waals surface area contributed by atoms with E-state index in [0.717, 1.165) is 22.4 Å². The van der Waals surface area contributed by atoms with Crippen molar-refractivity contribution in [2.75, 3.05) is 0 Å². The van der Waals surface area contributed by atoms with Gasteiger partial charge in [0.2, 0.25) is 0 Å². The zero-order valence-electron chi connectivity index (χ0n) is 17.5. The second-order valence-corrected chi connectivity index (χ2v) is 8.59. The molecule has 0 atom stereocenters. The minimum Gasteiger partial charge on any atom is -0.457 e. The molecule has 4 aromatic rings. The van der Waals surface area contributed by atoms with Gasteiger partial charge in [-0.2, -0.15) is 0 Å². The van der Waals surface area contributed by atoms with E-state index in [1.54, 1.807) is 11.0 Å². The number of benzene rings is 3. The van der Waals surface area contributed by atoms with Crippen LogP contribution in [-0.4, -0.2) is 10.8 Å². The highest BCUT2D eigenvalue weighted by Gasteiger charge is 2.29. The van der Waals surface area contributed by atoms with Crippen molar-refractivity contribution in [3.05, 3.63) is 130 Å². The standard InChI is InChI=1S/C28H19Cl2NO2/c29-23-10-6-20(7-11-23)26-17-22(28(32)31(26)18-19-4-2-1-3-5-19)16-25-14-15-27(33-25)21-8-12-24(30)13-9-21/h1-17H,18H2/b22-16-. The van der Waals surface area contributed by atoms with Crippen LogP contribution >= 0.6 is 23.2 Å². The molecule has 1 aliphatic heterocycles. The van der Waals surface area contributed by atoms with Crippen molar-refractivity contribution in [2.24, 2.45) is 0 Å². The quantitative estimate of drug-likeness (QED) is 0.279. The number of amides is 1. The molecular formula is C28H19Cl2NO2. The first-order chi connectivity index (χ1) is 16.1. The summed E-state index contributed by atoms with van der Waals surface area (Å²) in [4.78, 5) is 15.2. The van der Waals surface area contributed by atoms with Crippen LogP contribution < -0.4 is 0 Å². The SMILES string of the molecule is O=C1/C(=C\c2ccc(-c3ccc(Cl)cc3)o2)C=C(c2ccc(Cl)cc2)N1Cc1ccccc1. The largest absolute Gasteiger partial charge is 0.457 e. The highest BCUT2D eigenvalue weighted by Crippen LogP contribution is 2.33. The Labute approximate surface area is 202 Å². The highest BCUT2D eigenvalue weighted by atomic mass is 35.5. The number of hydrogen-bond acceptors (Lipinski definition) is 2. The Bertz CT molecular complexity index is 1350. The van der Waals surface area contributed by atoms with Crippen LogP contribution in [0.4, 0.5) is 0 Å². The molecule has 5 rings (SSSR count). The molecule has 0 spiro atoms. The summed E-state index contributed by atoms with van der Waals surface area (Å²) in [6, 6.07) is 28.6. The normalized spacial score (nSPS) is 14.7. The predicted octanol–water partition coefficient (Wildman–Crippen LogP) is 7.72. The van der Waals surface area contributed by atoms with Crippen molar-refractivity contribution in [2.45, 2.75) is 6.54 Å². The Morgan fingerprint density at radius 3 is 2.06 bits per heavy atom. The third kappa shape index (κ3) is 4.65. The lowest BCUT2D eigenvalue weighted by Gasteiger charge is -2.21. The summed E-state index contributed by atoms with van der Waals surface area (Å²) in [6.45, 7) is 0.472. The minimum absolute atomic E-state index is 0.0757. The van der Waals surface area contributed by atoms with Crippen LogP contribution in [0.2, 0.25) is 10.0 Å². The number of halogens is 2. The number of rotatable bonds is 5. The fraction of sp³-hybridized carbons (Fsp3) is 0.0357. The smallest absolute Gasteiger partial charge is 0.258 e. The van der Waals surface area contributed by atoms with E-state index in [1.165, 1.54) is 0 Å². The van der Waals surface area contributed by atoms with Gasteiger partial charge in [0, 0.05) is 21.2 Å². The number of carbonyl (C=O) groups is 1. The highest BCUT2D eigenvalue weighted by molar-refractivity contribution is 6.30. The first kappa shape index (κ1) is 21.3. The van der Waals surface area contributed by atoms with Gasteiger partial charge >= 0.3 is 0 Å². The van der Waals surface area contributed by atoms with Gasteiger partial charge in [0.1, 0.15) is 11.5 Å². The molecule has 0 bridgehead atoms. The zero-order valence-corrected chi connectivity index (χ0v) is 19.1. The fourth-order valence-electron chi connectivity index (χ4n) is 3.79. The molecule has 0 N–H and O–H groups in total. The van der Waals surface area contributed by atoms with Crippen LogP contribution in [0.3, 0.4) is 0 Å². The van der Waals surface area contributed by atoms with Crippen molar-refractivity contribution in [3.8, 4) is 11.3 Å². The molecule has 5 heteroatoms. The summed E-state index contributed by atoms with van der Waals surface area (Å²) in [5.74, 6) is 1.25. The number of furan rings is 1. The predicted molar refractivity (Wildman–Crippen MR) is 134 cm³/mol. The Balaban J connectivity index is 1.49. The van der Waals surface area contributed by atoms with Gasteiger partial charge in [-0.15, -0.1) is 0 Å². The van der Waals surface area contributed by atoms with Crippen molar-refractivity contribution >= 4 is 40.9 Å². The molecule has 0 unspecified atom stereocenters. The van der Waals surface area contributed by atoms with Crippen molar-refractivity contribution in [3.63, 3.8) is 0 Å². The van der Waals surface area contributed by atoms with Gasteiger partial charge in [-0.3, -0.25) is 4.79 Å². The van der Waals surface area contributed by atoms with Crippen LogP contribution in [0.1, 0.15) is 16.9 Å². The molecule has 3 aromatic carbocycles. The molecular weight excluding hydrogens is 453 g/mol. The molecule has 0 aliphatic carbocycles. The van der Waals surface area contributed by atoms with E-state index in [2.05, 4.69) is 0 Å². The van der Waals surface area contributed by atoms with E-state index in [0.29, 0.717) is 33.7 Å². The van der Waals surface area contributed by atoms with Gasteiger partial charge < -0.3 is 9.32 Å². The number of hydrogen-bond donors (Lipinski definition) is 0. The number of carbonyl (C=O) groups excluding carboxylic acids is 1. The van der Waals surface area contributed by atoms with E-state index >= 15 is 0 Å². The molecule has 3 nitrogen and oxygen atoms in total. The van der Waals surface area contributed by atoms with Crippen molar-refractivity contribution in [1.29, 1.82) is 0 Å². The summed E-state index contributed by atoms with van der Waals surface area (Å²) in [6.07, 6.45) is 3.68. The first-order valence-electron chi connectivity index (χ1n) is 10.5. The molecule has 1 aromatic heterocycles. The van der Waals surface area contributed by atoms with Gasteiger partial charge in [0.15, 0.2) is 0 Å². The maximum Gasteiger partial charge on any atom is 0.258 e. The van der Waals surface area contributed by atoms with Crippen LogP contribution in [0.15, 0.2) is 107 Å². The van der Waals surface area contributed by atoms with E-state index in [-0.39, 0.29) is 5.91 Å². The third-order valence-electron chi connectivity index (χ3n) is 5.45. The van der Waals surface area contributed by atoms with E-state index in [1.807, 2.05) is 97.1 Å². The van der Waals surface area contributed by atoms with Crippen LogP contribution in [-0.2, 0) is 11.3 Å². The monoisotopic (exact) mass is 471 g/mol. The summed E-state index contributed by atoms with van der Waals surface area (Å²) in [5.41, 5.74) is 4.29. The molecule has 162 valence electrons. The van der Waals surface area contributed by atoms with Gasteiger partial charge in [-0.25, -0.2) is 0 Å². The van der Waals surface area contributed by atoms with Crippen molar-refractivity contribution < 1.29 is 9.21 Å². The van der Waals surface area contributed by atoms with Gasteiger partial charge in [-0.05, 0) is 71.8 Å². The van der Waals surface area contributed by atoms with Crippen LogP contribution in [0.25, 0.3) is 23.1 Å². The van der Waals surface area contributed by atoms with Gasteiger partial charge in [0.05, 0.1) is 12.2 Å². The molecule has 33 heavy (non-hydrogen) atoms. The van der Waals surface area contributed by atoms with Gasteiger partial charge in [-0.1, -0.05) is 65.7 Å². The summed E-state index contributed by atoms with van der Waals surface area (Å²) in [7, 11) is 0. The second-order valence-electron chi connectivity index (χ2n) is 7.72. The number of nitrogens with zero attached hydrogens (tertiary/aromatic N) is 1. The van der Waals surface area contributed by atoms with Crippen LogP contribution in [0.5, 0.6) is 0 Å². The Kier molecular flexibility index (Phi) is 5.91. The van der Waals surface area contributed by atoms with Gasteiger partial charge in [0.25, 0.3) is 5.91 Å². The topological polar surface area (TPSA) is 33.5 Å². The summed E-state index contributed by atoms with van der Waals surface area (Å²) >= 11 is 12.1. The Morgan fingerprint density at radius 1 is 0.758 bits per heavy atom. The van der Waals surface area contributed by atoms with Crippen molar-refractivity contribution in [1.82, 2.24) is 4.90 Å². The third-order valence-corrected chi connectivity index (χ3v) is 5.96. The maximum atomic E-state index is 13.4. The molecule has 0 saturated carbocycles. The van der Waals surface area contributed by atoms with E-state index < -0.39 is 0 Å². The average Bonchev–Trinajstić information content (AvgIpc) is 3.41.